The summed E-state index contributed by atoms with van der Waals surface area (Å²) in [6, 6.07) is 0. The van der Waals surface area contributed by atoms with Gasteiger partial charge in [0.05, 0.1) is 6.20 Å². The number of rotatable bonds is 6. The summed E-state index contributed by atoms with van der Waals surface area (Å²) >= 11 is 0. The Morgan fingerprint density at radius 2 is 2.26 bits per heavy atom. The number of hydrogen-bond acceptors (Lipinski definition) is 2. The van der Waals surface area contributed by atoms with E-state index in [0.717, 1.165) is 25.5 Å². The number of nitrogens with one attached hydrogen (secondary N) is 1. The predicted molar refractivity (Wildman–Crippen MR) is 91.2 cm³/mol. The molecular formula is C13H26IN5. The summed E-state index contributed by atoms with van der Waals surface area (Å²) in [6.07, 6.45) is 7.32. The monoisotopic (exact) mass is 379 g/mol. The molecule has 0 bridgehead atoms. The van der Waals surface area contributed by atoms with Crippen molar-refractivity contribution in [2.75, 3.05) is 27.2 Å². The fourth-order valence-corrected chi connectivity index (χ4v) is 1.81. The van der Waals surface area contributed by atoms with Gasteiger partial charge in [-0.05, 0) is 18.4 Å². The molecule has 6 heteroatoms. The molecule has 0 spiro atoms. The molecule has 0 atom stereocenters. The lowest BCUT2D eigenvalue weighted by Gasteiger charge is -2.21. The number of unbranched alkanes of at least 4 members (excludes halogenated alkanes) is 1. The van der Waals surface area contributed by atoms with Gasteiger partial charge >= 0.3 is 0 Å². The molecule has 0 fully saturated rings. The van der Waals surface area contributed by atoms with E-state index in [-0.39, 0.29) is 24.0 Å². The number of nitrogens with zero attached hydrogens (tertiary/aromatic N) is 4. The molecule has 1 N–H and O–H groups in total. The minimum atomic E-state index is 0. The highest BCUT2D eigenvalue weighted by Gasteiger charge is 2.04. The van der Waals surface area contributed by atoms with Crippen molar-refractivity contribution in [2.24, 2.45) is 12.0 Å². The summed E-state index contributed by atoms with van der Waals surface area (Å²) in [4.78, 5) is 6.46. The van der Waals surface area contributed by atoms with Gasteiger partial charge in [-0.1, -0.05) is 13.3 Å². The van der Waals surface area contributed by atoms with Crippen LogP contribution in [-0.4, -0.2) is 47.8 Å². The predicted octanol–water partition coefficient (Wildman–Crippen LogP) is 1.89. The van der Waals surface area contributed by atoms with E-state index in [9.17, 15) is 0 Å². The molecule has 0 aromatic carbocycles. The van der Waals surface area contributed by atoms with Crippen LogP contribution < -0.4 is 5.32 Å². The van der Waals surface area contributed by atoms with Crippen molar-refractivity contribution in [1.82, 2.24) is 20.0 Å². The van der Waals surface area contributed by atoms with Crippen molar-refractivity contribution in [3.05, 3.63) is 18.0 Å². The van der Waals surface area contributed by atoms with Crippen molar-refractivity contribution in [2.45, 2.75) is 26.2 Å². The van der Waals surface area contributed by atoms with Gasteiger partial charge in [0.15, 0.2) is 5.96 Å². The number of aliphatic imine (C=N–C) groups is 1. The van der Waals surface area contributed by atoms with Crippen molar-refractivity contribution in [3.8, 4) is 0 Å². The van der Waals surface area contributed by atoms with Gasteiger partial charge in [-0.25, -0.2) is 0 Å². The summed E-state index contributed by atoms with van der Waals surface area (Å²) in [7, 11) is 5.85. The Bertz CT molecular complexity index is 375. The quantitative estimate of drug-likeness (QED) is 0.467. The van der Waals surface area contributed by atoms with Crippen molar-refractivity contribution < 1.29 is 0 Å². The molecule has 0 unspecified atom stereocenters. The molecule has 0 aliphatic carbocycles. The lowest BCUT2D eigenvalue weighted by Crippen LogP contribution is -2.40. The molecule has 110 valence electrons. The van der Waals surface area contributed by atoms with E-state index >= 15 is 0 Å². The van der Waals surface area contributed by atoms with Crippen LogP contribution in [0.5, 0.6) is 0 Å². The first kappa shape index (κ1) is 18.2. The Labute approximate surface area is 133 Å². The lowest BCUT2D eigenvalue weighted by atomic mass is 10.2. The second-order valence-corrected chi connectivity index (χ2v) is 4.52. The van der Waals surface area contributed by atoms with Crippen molar-refractivity contribution >= 4 is 29.9 Å². The first-order chi connectivity index (χ1) is 8.67. The van der Waals surface area contributed by atoms with Crippen LogP contribution in [0.4, 0.5) is 0 Å². The Balaban J connectivity index is 0.00000324. The largest absolute Gasteiger partial charge is 0.356 e. The van der Waals surface area contributed by atoms with Crippen LogP contribution in [0, 0.1) is 0 Å². The van der Waals surface area contributed by atoms with E-state index in [1.54, 1.807) is 0 Å². The summed E-state index contributed by atoms with van der Waals surface area (Å²) in [5.41, 5.74) is 1.25. The average molecular weight is 379 g/mol. The molecule has 0 aliphatic rings. The van der Waals surface area contributed by atoms with Crippen LogP contribution in [0.15, 0.2) is 17.4 Å². The molecule has 0 radical (unpaired) electrons. The van der Waals surface area contributed by atoms with Crippen LogP contribution >= 0.6 is 24.0 Å². The summed E-state index contributed by atoms with van der Waals surface area (Å²) in [5, 5.41) is 7.53. The highest BCUT2D eigenvalue weighted by molar-refractivity contribution is 14.0. The molecule has 0 saturated heterocycles. The van der Waals surface area contributed by atoms with Gasteiger partial charge in [0.2, 0.25) is 0 Å². The fraction of sp³-hybridized carbons (Fsp3) is 0.692. The van der Waals surface area contributed by atoms with E-state index in [4.69, 9.17) is 0 Å². The Hall–Kier alpha value is -0.790. The van der Waals surface area contributed by atoms with Crippen molar-refractivity contribution in [3.63, 3.8) is 0 Å². The zero-order valence-corrected chi connectivity index (χ0v) is 14.7. The summed E-state index contributed by atoms with van der Waals surface area (Å²) < 4.78 is 1.83. The highest BCUT2D eigenvalue weighted by atomic mass is 127. The first-order valence-electron chi connectivity index (χ1n) is 6.56. The van der Waals surface area contributed by atoms with E-state index in [1.165, 1.54) is 18.4 Å². The maximum absolute atomic E-state index is 4.29. The zero-order chi connectivity index (χ0) is 13.4. The Kier molecular flexibility index (Phi) is 9.63. The smallest absolute Gasteiger partial charge is 0.193 e. The molecule has 0 saturated carbocycles. The van der Waals surface area contributed by atoms with Crippen LogP contribution in [0.25, 0.3) is 0 Å². The second kappa shape index (κ2) is 10.1. The summed E-state index contributed by atoms with van der Waals surface area (Å²) in [6.45, 7) is 4.13. The zero-order valence-electron chi connectivity index (χ0n) is 12.4. The van der Waals surface area contributed by atoms with E-state index in [0.29, 0.717) is 0 Å². The number of guanidine groups is 1. The normalized spacial score (nSPS) is 11.1. The molecule has 0 amide bonds. The molecule has 1 heterocycles. The van der Waals surface area contributed by atoms with Crippen LogP contribution in [-0.2, 0) is 13.5 Å². The van der Waals surface area contributed by atoms with Gasteiger partial charge in [-0.15, -0.1) is 24.0 Å². The minimum Gasteiger partial charge on any atom is -0.356 e. The van der Waals surface area contributed by atoms with E-state index < -0.39 is 0 Å². The minimum absolute atomic E-state index is 0. The topological polar surface area (TPSA) is 45.4 Å². The Morgan fingerprint density at radius 3 is 2.79 bits per heavy atom. The van der Waals surface area contributed by atoms with Crippen LogP contribution in [0.3, 0.4) is 0 Å². The molecule has 19 heavy (non-hydrogen) atoms. The third-order valence-corrected chi connectivity index (χ3v) is 2.88. The van der Waals surface area contributed by atoms with Gasteiger partial charge in [0.25, 0.3) is 0 Å². The van der Waals surface area contributed by atoms with Gasteiger partial charge in [-0.3, -0.25) is 9.67 Å². The summed E-state index contributed by atoms with van der Waals surface area (Å²) in [5.74, 6) is 0.965. The third kappa shape index (κ3) is 6.79. The standard InChI is InChI=1S/C13H25N5.HI/c1-5-6-9-17(3)13(14-2)15-8-7-12-10-16-18(4)11-12;/h10-11H,5-9H2,1-4H3,(H,14,15);1H. The molecule has 1 aromatic heterocycles. The van der Waals surface area contributed by atoms with Crippen LogP contribution in [0.2, 0.25) is 0 Å². The van der Waals surface area contributed by atoms with Crippen LogP contribution in [0.1, 0.15) is 25.3 Å². The maximum Gasteiger partial charge on any atom is 0.193 e. The SMILES string of the molecule is CCCCN(C)C(=NC)NCCc1cnn(C)c1.I. The number of aromatic nitrogens is 2. The third-order valence-electron chi connectivity index (χ3n) is 2.88. The van der Waals surface area contributed by atoms with Gasteiger partial charge < -0.3 is 10.2 Å². The molecule has 0 aliphatic heterocycles. The number of halogens is 1. The lowest BCUT2D eigenvalue weighted by molar-refractivity contribution is 0.465. The second-order valence-electron chi connectivity index (χ2n) is 4.52. The molecular weight excluding hydrogens is 353 g/mol. The van der Waals surface area contributed by atoms with Gasteiger partial charge in [0, 0.05) is 40.4 Å². The Morgan fingerprint density at radius 1 is 1.53 bits per heavy atom. The highest BCUT2D eigenvalue weighted by Crippen LogP contribution is 1.97. The molecule has 1 rings (SSSR count). The van der Waals surface area contributed by atoms with Crippen molar-refractivity contribution in [1.29, 1.82) is 0 Å². The van der Waals surface area contributed by atoms with Gasteiger partial charge in [0.1, 0.15) is 0 Å². The van der Waals surface area contributed by atoms with E-state index in [2.05, 4.69) is 34.3 Å². The first-order valence-corrected chi connectivity index (χ1v) is 6.56. The fourth-order valence-electron chi connectivity index (χ4n) is 1.81. The molecule has 1 aromatic rings. The number of aryl methyl sites for hydroxylation is 1. The van der Waals surface area contributed by atoms with Gasteiger partial charge in [-0.2, -0.15) is 5.10 Å². The average Bonchev–Trinajstić information content (AvgIpc) is 2.77. The molecule has 5 nitrogen and oxygen atoms in total. The van der Waals surface area contributed by atoms with E-state index in [1.807, 2.05) is 31.2 Å². The number of hydrogen-bond donors (Lipinski definition) is 1. The maximum atomic E-state index is 4.29.